The van der Waals surface area contributed by atoms with Crippen molar-refractivity contribution < 1.29 is 24.0 Å². The molecule has 9 nitrogen and oxygen atoms in total. The highest BCUT2D eigenvalue weighted by molar-refractivity contribution is 5.88. The highest BCUT2D eigenvalue weighted by Crippen LogP contribution is 2.30. The van der Waals surface area contributed by atoms with Crippen LogP contribution in [0.2, 0.25) is 0 Å². The standard InChI is InChI=1S/C23H29N3O6/c1-5-19(23(28)24-16(2)3)25(14-17-9-7-6-8-10-17)22(27)15-32-18-11-12-20(26(29)30)21(13-18)31-4/h6-13,16,19H,5,14-15H2,1-4H3,(H,24,28)/t19-/m0/s1. The Labute approximate surface area is 187 Å². The lowest BCUT2D eigenvalue weighted by atomic mass is 10.1. The summed E-state index contributed by atoms with van der Waals surface area (Å²) in [6, 6.07) is 12.7. The third-order valence-corrected chi connectivity index (χ3v) is 4.72. The van der Waals surface area contributed by atoms with E-state index in [9.17, 15) is 19.7 Å². The summed E-state index contributed by atoms with van der Waals surface area (Å²) in [6.45, 7) is 5.48. The molecule has 2 aromatic carbocycles. The van der Waals surface area contributed by atoms with Crippen molar-refractivity contribution in [1.82, 2.24) is 10.2 Å². The maximum Gasteiger partial charge on any atom is 0.311 e. The Morgan fingerprint density at radius 2 is 1.84 bits per heavy atom. The van der Waals surface area contributed by atoms with E-state index in [0.29, 0.717) is 6.42 Å². The van der Waals surface area contributed by atoms with E-state index in [1.807, 2.05) is 51.1 Å². The first-order valence-electron chi connectivity index (χ1n) is 10.4. The summed E-state index contributed by atoms with van der Waals surface area (Å²) in [5.41, 5.74) is 0.682. The van der Waals surface area contributed by atoms with Crippen LogP contribution in [-0.4, -0.2) is 47.4 Å². The molecule has 1 N–H and O–H groups in total. The second-order valence-corrected chi connectivity index (χ2v) is 7.47. The number of nitrogens with one attached hydrogen (secondary N) is 1. The summed E-state index contributed by atoms with van der Waals surface area (Å²) in [5.74, 6) is -0.329. The molecule has 2 amide bonds. The Balaban J connectivity index is 2.21. The molecule has 0 aliphatic heterocycles. The van der Waals surface area contributed by atoms with E-state index >= 15 is 0 Å². The van der Waals surface area contributed by atoms with E-state index in [1.165, 1.54) is 30.2 Å². The normalized spacial score (nSPS) is 11.5. The molecule has 0 aliphatic rings. The van der Waals surface area contributed by atoms with Crippen LogP contribution in [0.3, 0.4) is 0 Å². The lowest BCUT2D eigenvalue weighted by molar-refractivity contribution is -0.385. The average molecular weight is 444 g/mol. The predicted molar refractivity (Wildman–Crippen MR) is 119 cm³/mol. The van der Waals surface area contributed by atoms with Crippen LogP contribution in [0.1, 0.15) is 32.8 Å². The van der Waals surface area contributed by atoms with Crippen LogP contribution in [0, 0.1) is 10.1 Å². The second kappa shape index (κ2) is 11.7. The number of hydrogen-bond donors (Lipinski definition) is 1. The average Bonchev–Trinajstić information content (AvgIpc) is 2.77. The van der Waals surface area contributed by atoms with Crippen molar-refractivity contribution in [2.45, 2.75) is 45.8 Å². The van der Waals surface area contributed by atoms with Gasteiger partial charge in [0.15, 0.2) is 6.61 Å². The van der Waals surface area contributed by atoms with Gasteiger partial charge in [0.2, 0.25) is 11.7 Å². The fourth-order valence-corrected chi connectivity index (χ4v) is 3.21. The van der Waals surface area contributed by atoms with Gasteiger partial charge in [-0.2, -0.15) is 0 Å². The van der Waals surface area contributed by atoms with E-state index in [1.54, 1.807) is 0 Å². The van der Waals surface area contributed by atoms with Crippen LogP contribution in [0.5, 0.6) is 11.5 Å². The van der Waals surface area contributed by atoms with Gasteiger partial charge >= 0.3 is 5.69 Å². The van der Waals surface area contributed by atoms with Gasteiger partial charge in [-0.05, 0) is 31.9 Å². The van der Waals surface area contributed by atoms with Gasteiger partial charge in [0.1, 0.15) is 11.8 Å². The van der Waals surface area contributed by atoms with Gasteiger partial charge in [-0.1, -0.05) is 37.3 Å². The zero-order valence-corrected chi connectivity index (χ0v) is 18.7. The summed E-state index contributed by atoms with van der Waals surface area (Å²) in [4.78, 5) is 37.9. The maximum atomic E-state index is 13.1. The molecular formula is C23H29N3O6. The molecule has 0 unspecified atom stereocenters. The third-order valence-electron chi connectivity index (χ3n) is 4.72. The van der Waals surface area contributed by atoms with Crippen molar-refractivity contribution in [2.24, 2.45) is 0 Å². The molecule has 0 aromatic heterocycles. The van der Waals surface area contributed by atoms with E-state index in [4.69, 9.17) is 9.47 Å². The lowest BCUT2D eigenvalue weighted by Crippen LogP contribution is -2.51. The van der Waals surface area contributed by atoms with Gasteiger partial charge in [0.25, 0.3) is 5.91 Å². The van der Waals surface area contributed by atoms with E-state index < -0.39 is 11.0 Å². The molecule has 0 aliphatic carbocycles. The van der Waals surface area contributed by atoms with E-state index in [2.05, 4.69) is 5.32 Å². The van der Waals surface area contributed by atoms with Crippen LogP contribution in [-0.2, 0) is 16.1 Å². The minimum Gasteiger partial charge on any atom is -0.490 e. The summed E-state index contributed by atoms with van der Waals surface area (Å²) in [6.07, 6.45) is 0.433. The Morgan fingerprint density at radius 3 is 2.41 bits per heavy atom. The molecule has 0 saturated carbocycles. The van der Waals surface area contributed by atoms with Crippen LogP contribution in [0.4, 0.5) is 5.69 Å². The minimum absolute atomic E-state index is 0.0313. The van der Waals surface area contributed by atoms with Gasteiger partial charge in [-0.15, -0.1) is 0 Å². The highest BCUT2D eigenvalue weighted by Gasteiger charge is 2.29. The zero-order valence-electron chi connectivity index (χ0n) is 18.7. The maximum absolute atomic E-state index is 13.1. The van der Waals surface area contributed by atoms with Crippen LogP contribution in [0.15, 0.2) is 48.5 Å². The summed E-state index contributed by atoms with van der Waals surface area (Å²) in [7, 11) is 1.32. The molecule has 2 aromatic rings. The SMILES string of the molecule is CC[C@@H](C(=O)NC(C)C)N(Cc1ccccc1)C(=O)COc1ccc([N+](=O)[O-])c(OC)c1. The Hall–Kier alpha value is -3.62. The number of nitrogens with zero attached hydrogens (tertiary/aromatic N) is 2. The number of methoxy groups -OCH3 is 1. The van der Waals surface area contributed by atoms with Crippen LogP contribution >= 0.6 is 0 Å². The van der Waals surface area contributed by atoms with Gasteiger partial charge < -0.3 is 19.7 Å². The number of rotatable bonds is 11. The van der Waals surface area contributed by atoms with Crippen molar-refractivity contribution in [3.8, 4) is 11.5 Å². The summed E-state index contributed by atoms with van der Waals surface area (Å²) >= 11 is 0. The highest BCUT2D eigenvalue weighted by atomic mass is 16.6. The first-order valence-corrected chi connectivity index (χ1v) is 10.4. The number of ether oxygens (including phenoxy) is 2. The monoisotopic (exact) mass is 443 g/mol. The molecule has 0 bridgehead atoms. The van der Waals surface area contributed by atoms with Crippen molar-refractivity contribution in [1.29, 1.82) is 0 Å². The van der Waals surface area contributed by atoms with Gasteiger partial charge in [-0.25, -0.2) is 0 Å². The molecule has 0 heterocycles. The van der Waals surface area contributed by atoms with Crippen molar-refractivity contribution in [2.75, 3.05) is 13.7 Å². The van der Waals surface area contributed by atoms with Gasteiger partial charge in [0.05, 0.1) is 12.0 Å². The van der Waals surface area contributed by atoms with Crippen molar-refractivity contribution in [3.63, 3.8) is 0 Å². The fourth-order valence-electron chi connectivity index (χ4n) is 3.21. The van der Waals surface area contributed by atoms with Crippen molar-refractivity contribution in [3.05, 3.63) is 64.2 Å². The molecule has 9 heteroatoms. The molecule has 2 rings (SSSR count). The number of carbonyl (C=O) groups is 2. The summed E-state index contributed by atoms with van der Waals surface area (Å²) < 4.78 is 10.6. The number of nitro groups is 1. The molecule has 1 atom stereocenters. The van der Waals surface area contributed by atoms with Crippen LogP contribution in [0.25, 0.3) is 0 Å². The Morgan fingerprint density at radius 1 is 1.16 bits per heavy atom. The number of nitro benzene ring substituents is 1. The van der Waals surface area contributed by atoms with E-state index in [-0.39, 0.29) is 48.2 Å². The number of amides is 2. The van der Waals surface area contributed by atoms with E-state index in [0.717, 1.165) is 5.56 Å². The number of benzene rings is 2. The molecule has 0 saturated heterocycles. The minimum atomic E-state index is -0.667. The smallest absolute Gasteiger partial charge is 0.311 e. The topological polar surface area (TPSA) is 111 Å². The van der Waals surface area contributed by atoms with Crippen LogP contribution < -0.4 is 14.8 Å². The fraction of sp³-hybridized carbons (Fsp3) is 0.391. The molecule has 0 radical (unpaired) electrons. The van der Waals surface area contributed by atoms with Crippen molar-refractivity contribution >= 4 is 17.5 Å². The molecular weight excluding hydrogens is 414 g/mol. The Kier molecular flexibility index (Phi) is 9.00. The molecule has 32 heavy (non-hydrogen) atoms. The quantitative estimate of drug-likeness (QED) is 0.421. The molecule has 0 spiro atoms. The van der Waals surface area contributed by atoms with Gasteiger partial charge in [0, 0.05) is 24.7 Å². The molecule has 172 valence electrons. The Bertz CT molecular complexity index is 933. The number of hydrogen-bond acceptors (Lipinski definition) is 6. The zero-order chi connectivity index (χ0) is 23.7. The largest absolute Gasteiger partial charge is 0.490 e. The second-order valence-electron chi connectivity index (χ2n) is 7.47. The predicted octanol–water partition coefficient (Wildman–Crippen LogP) is 3.31. The first-order chi connectivity index (χ1) is 15.3. The van der Waals surface area contributed by atoms with Gasteiger partial charge in [-0.3, -0.25) is 19.7 Å². The number of carbonyl (C=O) groups excluding carboxylic acids is 2. The lowest BCUT2D eigenvalue weighted by Gasteiger charge is -2.31. The third kappa shape index (κ3) is 6.69. The first kappa shape index (κ1) is 24.6. The summed E-state index contributed by atoms with van der Waals surface area (Å²) in [5, 5.41) is 13.9. The molecule has 0 fully saturated rings.